The van der Waals surface area contributed by atoms with E-state index in [0.717, 1.165) is 35.5 Å². The average Bonchev–Trinajstić information content (AvgIpc) is 3.16. The van der Waals surface area contributed by atoms with Crippen LogP contribution in [0.4, 0.5) is 0 Å². The highest BCUT2D eigenvalue weighted by atomic mass is 31.1. The first-order valence-electron chi connectivity index (χ1n) is 16.5. The lowest BCUT2D eigenvalue weighted by Gasteiger charge is -2.33. The fourth-order valence-electron chi connectivity index (χ4n) is 6.72. The number of benzene rings is 6. The first-order chi connectivity index (χ1) is 23.8. The number of allylic oxidation sites excluding steroid dienone is 4. The Bertz CT molecular complexity index is 1990. The van der Waals surface area contributed by atoms with Crippen molar-refractivity contribution >= 4 is 47.9 Å². The van der Waals surface area contributed by atoms with Crippen LogP contribution in [0.25, 0.3) is 5.57 Å². The van der Waals surface area contributed by atoms with E-state index in [9.17, 15) is 0 Å². The zero-order valence-electron chi connectivity index (χ0n) is 26.7. The largest absolute Gasteiger partial charge is 0.493 e. The lowest BCUT2D eigenvalue weighted by molar-refractivity contribution is 0.186. The van der Waals surface area contributed by atoms with Crippen LogP contribution in [0.5, 0.6) is 5.75 Å². The smallest absolute Gasteiger partial charge is 0.128 e. The summed E-state index contributed by atoms with van der Waals surface area (Å²) in [6, 6.07) is 59.2. The number of hydrogen-bond donors (Lipinski definition) is 0. The number of ether oxygens (including phenoxy) is 2. The molecule has 234 valence electrons. The minimum Gasteiger partial charge on any atom is -0.493 e. The van der Waals surface area contributed by atoms with Gasteiger partial charge in [0.2, 0.25) is 0 Å². The van der Waals surface area contributed by atoms with Gasteiger partial charge < -0.3 is 9.47 Å². The van der Waals surface area contributed by atoms with Gasteiger partial charge in [0.05, 0.1) is 0 Å². The molecule has 1 aliphatic carbocycles. The van der Waals surface area contributed by atoms with Gasteiger partial charge in [0, 0.05) is 17.6 Å². The molecular weight excluding hydrogens is 622 g/mol. The zero-order valence-corrected chi connectivity index (χ0v) is 28.5. The summed E-state index contributed by atoms with van der Waals surface area (Å²) in [5.41, 5.74) is 4.69. The Morgan fingerprint density at radius 3 is 1.46 bits per heavy atom. The van der Waals surface area contributed by atoms with Crippen molar-refractivity contribution in [2.75, 3.05) is 0 Å². The van der Waals surface area contributed by atoms with Crippen molar-refractivity contribution in [1.82, 2.24) is 0 Å². The normalized spacial score (nSPS) is 14.2. The van der Waals surface area contributed by atoms with Gasteiger partial charge in [-0.1, -0.05) is 164 Å². The van der Waals surface area contributed by atoms with Gasteiger partial charge in [-0.2, -0.15) is 0 Å². The van der Waals surface area contributed by atoms with Gasteiger partial charge in [0.25, 0.3) is 0 Å². The molecule has 48 heavy (non-hydrogen) atoms. The lowest BCUT2D eigenvalue weighted by Crippen LogP contribution is -2.25. The molecule has 6 aromatic rings. The Labute approximate surface area is 285 Å². The van der Waals surface area contributed by atoms with Crippen molar-refractivity contribution in [3.63, 3.8) is 0 Å². The van der Waals surface area contributed by atoms with Gasteiger partial charge in [-0.3, -0.25) is 0 Å². The first-order valence-corrected chi connectivity index (χ1v) is 19.2. The molecule has 0 amide bonds. The Morgan fingerprint density at radius 1 is 0.438 bits per heavy atom. The van der Waals surface area contributed by atoms with E-state index in [1.54, 1.807) is 0 Å². The molecule has 0 aromatic heterocycles. The molecule has 6 aromatic carbocycles. The maximum atomic E-state index is 7.00. The molecule has 4 heteroatoms. The Hall–Kier alpha value is -4.74. The van der Waals surface area contributed by atoms with Crippen LogP contribution in [-0.2, 0) is 18.0 Å². The van der Waals surface area contributed by atoms with E-state index in [1.807, 2.05) is 0 Å². The van der Waals surface area contributed by atoms with E-state index in [0.29, 0.717) is 13.2 Å². The minimum absolute atomic E-state index is 0.485. The third kappa shape index (κ3) is 6.15. The van der Waals surface area contributed by atoms with E-state index in [-0.39, 0.29) is 0 Å². The second-order valence-electron chi connectivity index (χ2n) is 11.9. The third-order valence-electron chi connectivity index (χ3n) is 8.94. The van der Waals surface area contributed by atoms with Gasteiger partial charge >= 0.3 is 0 Å². The molecular formula is C44H36O2P2. The van der Waals surface area contributed by atoms with Crippen LogP contribution in [0.3, 0.4) is 0 Å². The highest BCUT2D eigenvalue weighted by molar-refractivity contribution is 7.80. The highest BCUT2D eigenvalue weighted by Crippen LogP contribution is 2.55. The van der Waals surface area contributed by atoms with Crippen LogP contribution in [-0.4, -0.2) is 0 Å². The summed E-state index contributed by atoms with van der Waals surface area (Å²) in [4.78, 5) is 0. The number of hydrogen-bond acceptors (Lipinski definition) is 2. The lowest BCUT2D eigenvalue weighted by atomic mass is 9.96. The van der Waals surface area contributed by atoms with Gasteiger partial charge in [0.15, 0.2) is 0 Å². The van der Waals surface area contributed by atoms with Crippen LogP contribution in [0, 0.1) is 0 Å². The second kappa shape index (κ2) is 14.2. The third-order valence-corrected chi connectivity index (χ3v) is 13.9. The summed E-state index contributed by atoms with van der Waals surface area (Å²) in [6.07, 6.45) is 4.26. The zero-order chi connectivity index (χ0) is 32.1. The molecule has 2 aliphatic rings. The van der Waals surface area contributed by atoms with Crippen molar-refractivity contribution < 1.29 is 9.47 Å². The number of rotatable bonds is 6. The maximum absolute atomic E-state index is 7.00. The SMILES string of the molecule is C1=C(P(c2ccccc2)c2ccccc2)C2=C(CC1)OCc1ccccc1COc1cccc(P(c3ccccc3)c3ccccc3)c12. The van der Waals surface area contributed by atoms with Crippen molar-refractivity contribution in [2.45, 2.75) is 26.1 Å². The predicted molar refractivity (Wildman–Crippen MR) is 204 cm³/mol. The summed E-state index contributed by atoms with van der Waals surface area (Å²) in [5.74, 6) is 1.96. The summed E-state index contributed by atoms with van der Waals surface area (Å²) in [6.45, 7) is 1.00. The molecule has 0 atom stereocenters. The van der Waals surface area contributed by atoms with Crippen molar-refractivity contribution in [2.24, 2.45) is 0 Å². The molecule has 0 radical (unpaired) electrons. The Balaban J connectivity index is 1.41. The quantitative estimate of drug-likeness (QED) is 0.166. The van der Waals surface area contributed by atoms with Crippen molar-refractivity contribution in [1.29, 1.82) is 0 Å². The highest BCUT2D eigenvalue weighted by Gasteiger charge is 2.34. The predicted octanol–water partition coefficient (Wildman–Crippen LogP) is 9.08. The average molecular weight is 659 g/mol. The van der Waals surface area contributed by atoms with E-state index >= 15 is 0 Å². The Morgan fingerprint density at radius 2 is 0.917 bits per heavy atom. The van der Waals surface area contributed by atoms with Crippen LogP contribution in [0.2, 0.25) is 0 Å². The van der Waals surface area contributed by atoms with Gasteiger partial charge in [-0.25, -0.2) is 0 Å². The van der Waals surface area contributed by atoms with E-state index in [4.69, 9.17) is 9.47 Å². The topological polar surface area (TPSA) is 18.5 Å². The van der Waals surface area contributed by atoms with E-state index in [1.165, 1.54) is 43.0 Å². The fourth-order valence-corrected chi connectivity index (χ4v) is 11.8. The van der Waals surface area contributed by atoms with Crippen LogP contribution in [0.1, 0.15) is 29.5 Å². The molecule has 0 fully saturated rings. The van der Waals surface area contributed by atoms with E-state index in [2.05, 4.69) is 170 Å². The molecule has 0 bridgehead atoms. The molecule has 2 nitrogen and oxygen atoms in total. The van der Waals surface area contributed by atoms with Gasteiger partial charge in [-0.15, -0.1) is 0 Å². The summed E-state index contributed by atoms with van der Waals surface area (Å²) in [7, 11) is -1.81. The molecule has 0 saturated heterocycles. The van der Waals surface area contributed by atoms with Crippen LogP contribution in [0.15, 0.2) is 181 Å². The summed E-state index contributed by atoms with van der Waals surface area (Å²) in [5, 5.41) is 7.91. The Kier molecular flexibility index (Phi) is 9.03. The first kappa shape index (κ1) is 30.6. The van der Waals surface area contributed by atoms with Gasteiger partial charge in [0.1, 0.15) is 24.7 Å². The van der Waals surface area contributed by atoms with Crippen molar-refractivity contribution in [3.8, 4) is 5.75 Å². The molecule has 0 saturated carbocycles. The van der Waals surface area contributed by atoms with E-state index < -0.39 is 15.8 Å². The van der Waals surface area contributed by atoms with Crippen LogP contribution >= 0.6 is 15.8 Å². The monoisotopic (exact) mass is 658 g/mol. The summed E-state index contributed by atoms with van der Waals surface area (Å²) >= 11 is 0. The fraction of sp³-hybridized carbons (Fsp3) is 0.0909. The second-order valence-corrected chi connectivity index (χ2v) is 16.3. The summed E-state index contributed by atoms with van der Waals surface area (Å²) < 4.78 is 13.9. The molecule has 0 spiro atoms. The van der Waals surface area contributed by atoms with Gasteiger partial charge in [-0.05, 0) is 71.3 Å². The van der Waals surface area contributed by atoms with Crippen molar-refractivity contribution in [3.05, 3.63) is 198 Å². The molecule has 0 N–H and O–H groups in total. The minimum atomic E-state index is -0.918. The number of fused-ring (bicyclic) bond motifs is 3. The standard InChI is InChI=1S/C44H36O2P2/c1-5-19-35(20-6-1)47(36-21-7-2-8-22-36)41-29-15-27-39-43(41)44-40(46-32-34-18-14-13-17-33(34)31-45-39)28-16-30-42(44)48(37-23-9-3-10-24-37)38-25-11-4-12-26-38/h1-15,17-27,29-30H,16,28,31-32H2. The maximum Gasteiger partial charge on any atom is 0.128 e. The molecule has 8 rings (SSSR count). The molecule has 1 aliphatic heterocycles. The molecule has 1 heterocycles. The molecule has 0 unspecified atom stereocenters. The van der Waals surface area contributed by atoms with Crippen LogP contribution < -0.4 is 31.3 Å².